The number of ether oxygens (including phenoxy) is 1. The molecule has 2 aromatic carbocycles. The van der Waals surface area contributed by atoms with Gasteiger partial charge in [0.25, 0.3) is 11.8 Å². The number of anilines is 1. The molecule has 0 aliphatic carbocycles. The zero-order valence-corrected chi connectivity index (χ0v) is 15.3. The Morgan fingerprint density at radius 3 is 2.59 bits per heavy atom. The fourth-order valence-electron chi connectivity index (χ4n) is 2.32. The Morgan fingerprint density at radius 2 is 1.85 bits per heavy atom. The fourth-order valence-corrected chi connectivity index (χ4v) is 2.32. The van der Waals surface area contributed by atoms with Gasteiger partial charge in [-0.2, -0.15) is 0 Å². The standard InChI is InChI=1S/C21H22N2O4/c1-3-22-21(26)17-8-5-9-18(13-17)23-19(24)14-27-20(25)11-10-16-7-4-6-15(2)12-16/h4-13H,3,14H2,1-2H3,(H,22,26)(H,23,24)/b11-10+. The predicted octanol–water partition coefficient (Wildman–Crippen LogP) is 2.94. The zero-order valence-electron chi connectivity index (χ0n) is 15.3. The summed E-state index contributed by atoms with van der Waals surface area (Å²) in [6.45, 7) is 3.88. The van der Waals surface area contributed by atoms with Crippen LogP contribution in [-0.4, -0.2) is 30.9 Å². The smallest absolute Gasteiger partial charge is 0.331 e. The third kappa shape index (κ3) is 6.78. The number of carbonyl (C=O) groups is 3. The summed E-state index contributed by atoms with van der Waals surface area (Å²) < 4.78 is 4.93. The van der Waals surface area contributed by atoms with Crippen molar-refractivity contribution in [2.24, 2.45) is 0 Å². The minimum atomic E-state index is -0.609. The molecule has 0 bridgehead atoms. The molecule has 140 valence electrons. The van der Waals surface area contributed by atoms with E-state index in [9.17, 15) is 14.4 Å². The highest BCUT2D eigenvalue weighted by Gasteiger charge is 2.08. The van der Waals surface area contributed by atoms with Crippen molar-refractivity contribution < 1.29 is 19.1 Å². The molecule has 0 unspecified atom stereocenters. The number of hydrogen-bond acceptors (Lipinski definition) is 4. The van der Waals surface area contributed by atoms with E-state index >= 15 is 0 Å². The van der Waals surface area contributed by atoms with Crippen LogP contribution in [0.3, 0.4) is 0 Å². The first kappa shape index (κ1) is 19.9. The number of rotatable bonds is 7. The fraction of sp³-hybridized carbons (Fsp3) is 0.190. The number of aryl methyl sites for hydroxylation is 1. The van der Waals surface area contributed by atoms with E-state index in [2.05, 4.69) is 10.6 Å². The van der Waals surface area contributed by atoms with Gasteiger partial charge in [-0.25, -0.2) is 4.79 Å². The van der Waals surface area contributed by atoms with Crippen molar-refractivity contribution in [2.75, 3.05) is 18.5 Å². The van der Waals surface area contributed by atoms with Gasteiger partial charge in [-0.05, 0) is 43.7 Å². The van der Waals surface area contributed by atoms with Gasteiger partial charge in [-0.3, -0.25) is 9.59 Å². The molecule has 2 aromatic rings. The van der Waals surface area contributed by atoms with Crippen LogP contribution >= 0.6 is 0 Å². The van der Waals surface area contributed by atoms with Gasteiger partial charge in [-0.1, -0.05) is 35.9 Å². The first-order valence-electron chi connectivity index (χ1n) is 8.57. The molecule has 2 N–H and O–H groups in total. The Kier molecular flexibility index (Phi) is 7.31. The van der Waals surface area contributed by atoms with Gasteiger partial charge < -0.3 is 15.4 Å². The van der Waals surface area contributed by atoms with Crippen LogP contribution in [0.2, 0.25) is 0 Å². The van der Waals surface area contributed by atoms with E-state index in [1.165, 1.54) is 6.08 Å². The van der Waals surface area contributed by atoms with Crippen molar-refractivity contribution >= 4 is 29.5 Å². The Hall–Kier alpha value is -3.41. The molecule has 2 rings (SSSR count). The summed E-state index contributed by atoms with van der Waals surface area (Å²) >= 11 is 0. The Bertz CT molecular complexity index is 859. The van der Waals surface area contributed by atoms with Crippen molar-refractivity contribution in [1.29, 1.82) is 0 Å². The summed E-state index contributed by atoms with van der Waals surface area (Å²) in [6, 6.07) is 14.2. The summed E-state index contributed by atoms with van der Waals surface area (Å²) in [7, 11) is 0. The highest BCUT2D eigenvalue weighted by molar-refractivity contribution is 5.98. The number of carbonyl (C=O) groups excluding carboxylic acids is 3. The molecule has 0 heterocycles. The normalized spacial score (nSPS) is 10.4. The highest BCUT2D eigenvalue weighted by Crippen LogP contribution is 2.11. The minimum Gasteiger partial charge on any atom is -0.452 e. The highest BCUT2D eigenvalue weighted by atomic mass is 16.5. The quantitative estimate of drug-likeness (QED) is 0.583. The van der Waals surface area contributed by atoms with Gasteiger partial charge in [0.15, 0.2) is 6.61 Å². The lowest BCUT2D eigenvalue weighted by molar-refractivity contribution is -0.142. The molecule has 0 aliphatic heterocycles. The Labute approximate surface area is 158 Å². The number of esters is 1. The average molecular weight is 366 g/mol. The molecule has 0 spiro atoms. The van der Waals surface area contributed by atoms with Gasteiger partial charge in [0.2, 0.25) is 0 Å². The van der Waals surface area contributed by atoms with Crippen molar-refractivity contribution in [2.45, 2.75) is 13.8 Å². The molecule has 27 heavy (non-hydrogen) atoms. The number of benzene rings is 2. The maximum absolute atomic E-state index is 11.9. The number of nitrogens with one attached hydrogen (secondary N) is 2. The van der Waals surface area contributed by atoms with Crippen LogP contribution in [0.5, 0.6) is 0 Å². The summed E-state index contributed by atoms with van der Waals surface area (Å²) in [5, 5.41) is 5.28. The molecule has 0 atom stereocenters. The molecule has 6 heteroatoms. The molecule has 0 radical (unpaired) electrons. The molecular weight excluding hydrogens is 344 g/mol. The molecule has 6 nitrogen and oxygen atoms in total. The van der Waals surface area contributed by atoms with E-state index in [0.717, 1.165) is 11.1 Å². The third-order valence-electron chi connectivity index (χ3n) is 3.55. The Balaban J connectivity index is 1.84. The van der Waals surface area contributed by atoms with Crippen molar-refractivity contribution in [3.63, 3.8) is 0 Å². The third-order valence-corrected chi connectivity index (χ3v) is 3.55. The summed E-state index contributed by atoms with van der Waals surface area (Å²) in [6.07, 6.45) is 2.90. The second kappa shape index (κ2) is 9.91. The second-order valence-corrected chi connectivity index (χ2v) is 5.84. The minimum absolute atomic E-state index is 0.221. The topological polar surface area (TPSA) is 84.5 Å². The van der Waals surface area contributed by atoms with Crippen molar-refractivity contribution in [1.82, 2.24) is 5.32 Å². The van der Waals surface area contributed by atoms with E-state index in [0.29, 0.717) is 17.8 Å². The monoisotopic (exact) mass is 366 g/mol. The molecule has 0 saturated carbocycles. The van der Waals surface area contributed by atoms with Crippen molar-refractivity contribution in [3.8, 4) is 0 Å². The van der Waals surface area contributed by atoms with Crippen LogP contribution in [0.15, 0.2) is 54.6 Å². The van der Waals surface area contributed by atoms with Gasteiger partial charge >= 0.3 is 5.97 Å². The molecule has 0 aromatic heterocycles. The lowest BCUT2D eigenvalue weighted by Crippen LogP contribution is -2.23. The lowest BCUT2D eigenvalue weighted by atomic mass is 10.1. The Morgan fingerprint density at radius 1 is 1.07 bits per heavy atom. The van der Waals surface area contributed by atoms with Gasteiger partial charge in [0.1, 0.15) is 0 Å². The lowest BCUT2D eigenvalue weighted by Gasteiger charge is -2.07. The van der Waals surface area contributed by atoms with E-state index in [-0.39, 0.29) is 5.91 Å². The average Bonchev–Trinajstić information content (AvgIpc) is 2.65. The van der Waals surface area contributed by atoms with Crippen LogP contribution in [0.4, 0.5) is 5.69 Å². The molecule has 0 fully saturated rings. The van der Waals surface area contributed by atoms with Crippen LogP contribution < -0.4 is 10.6 Å². The van der Waals surface area contributed by atoms with Crippen molar-refractivity contribution in [3.05, 3.63) is 71.3 Å². The first-order chi connectivity index (χ1) is 13.0. The second-order valence-electron chi connectivity index (χ2n) is 5.84. The van der Waals surface area contributed by atoms with E-state index in [1.807, 2.05) is 38.1 Å². The summed E-state index contributed by atoms with van der Waals surface area (Å²) in [4.78, 5) is 35.5. The largest absolute Gasteiger partial charge is 0.452 e. The molecular formula is C21H22N2O4. The zero-order chi connectivity index (χ0) is 19.6. The summed E-state index contributed by atoms with van der Waals surface area (Å²) in [5.41, 5.74) is 2.85. The molecule has 0 saturated heterocycles. The first-order valence-corrected chi connectivity index (χ1v) is 8.57. The maximum atomic E-state index is 11.9. The van der Waals surface area contributed by atoms with Gasteiger partial charge in [-0.15, -0.1) is 0 Å². The predicted molar refractivity (Wildman–Crippen MR) is 104 cm³/mol. The van der Waals surface area contributed by atoms with Crippen LogP contribution in [0, 0.1) is 6.92 Å². The number of amides is 2. The van der Waals surface area contributed by atoms with Gasteiger partial charge in [0.05, 0.1) is 0 Å². The maximum Gasteiger partial charge on any atom is 0.331 e. The molecule has 0 aliphatic rings. The van der Waals surface area contributed by atoms with Gasteiger partial charge in [0, 0.05) is 23.9 Å². The summed E-state index contributed by atoms with van der Waals surface area (Å²) in [5.74, 6) is -1.32. The van der Waals surface area contributed by atoms with E-state index in [4.69, 9.17) is 4.74 Å². The van der Waals surface area contributed by atoms with E-state index in [1.54, 1.807) is 30.3 Å². The van der Waals surface area contributed by atoms with Crippen LogP contribution in [-0.2, 0) is 14.3 Å². The SMILES string of the molecule is CCNC(=O)c1cccc(NC(=O)COC(=O)/C=C/c2cccc(C)c2)c1. The number of hydrogen-bond donors (Lipinski definition) is 2. The van der Waals surface area contributed by atoms with Crippen LogP contribution in [0.1, 0.15) is 28.4 Å². The van der Waals surface area contributed by atoms with Crippen LogP contribution in [0.25, 0.3) is 6.08 Å². The molecule has 2 amide bonds. The van der Waals surface area contributed by atoms with E-state index < -0.39 is 18.5 Å².